The van der Waals surface area contributed by atoms with Crippen molar-refractivity contribution in [2.75, 3.05) is 11.9 Å². The molecular weight excluding hydrogens is 206 g/mol. The topological polar surface area (TPSA) is 37.8 Å². The predicted molar refractivity (Wildman–Crippen MR) is 65.7 cm³/mol. The summed E-state index contributed by atoms with van der Waals surface area (Å²) in [5, 5.41) is 4.44. The second-order valence-corrected chi connectivity index (χ2v) is 4.55. The van der Waals surface area contributed by atoms with Crippen molar-refractivity contribution in [3.8, 4) is 0 Å². The van der Waals surface area contributed by atoms with E-state index in [0.717, 1.165) is 34.8 Å². The Morgan fingerprint density at radius 1 is 1.33 bits per heavy atom. The third-order valence-corrected chi connectivity index (χ3v) is 3.42. The summed E-state index contributed by atoms with van der Waals surface area (Å²) in [6.07, 6.45) is 1.06. The first kappa shape index (κ1) is 10.4. The van der Waals surface area contributed by atoms with Gasteiger partial charge in [0.25, 0.3) is 0 Å². The second-order valence-electron chi connectivity index (χ2n) is 3.43. The highest BCUT2D eigenvalue weighted by Crippen LogP contribution is 2.28. The van der Waals surface area contributed by atoms with Crippen LogP contribution in [0.1, 0.15) is 24.5 Å². The summed E-state index contributed by atoms with van der Waals surface area (Å²) in [5.41, 5.74) is 0. The molecule has 0 saturated carbocycles. The van der Waals surface area contributed by atoms with Gasteiger partial charge in [0.1, 0.15) is 16.5 Å². The van der Waals surface area contributed by atoms with Crippen LogP contribution in [0.2, 0.25) is 0 Å². The molecule has 2 aromatic rings. The number of aryl methyl sites for hydroxylation is 2. The first-order valence-electron chi connectivity index (χ1n) is 5.25. The van der Waals surface area contributed by atoms with E-state index in [1.54, 1.807) is 11.3 Å². The molecule has 3 nitrogen and oxygen atoms in total. The summed E-state index contributed by atoms with van der Waals surface area (Å²) in [6.45, 7) is 7.07. The van der Waals surface area contributed by atoms with Gasteiger partial charge < -0.3 is 5.32 Å². The van der Waals surface area contributed by atoms with Crippen LogP contribution in [0.25, 0.3) is 10.2 Å². The van der Waals surface area contributed by atoms with Gasteiger partial charge in [-0.05, 0) is 26.3 Å². The summed E-state index contributed by atoms with van der Waals surface area (Å²) >= 11 is 1.76. The van der Waals surface area contributed by atoms with Crippen LogP contribution < -0.4 is 5.32 Å². The zero-order valence-corrected chi connectivity index (χ0v) is 10.1. The molecule has 2 rings (SSSR count). The number of aromatic nitrogens is 2. The Hall–Kier alpha value is -1.16. The molecule has 80 valence electrons. The number of nitrogens with one attached hydrogen (secondary N) is 1. The highest BCUT2D eigenvalue weighted by Gasteiger charge is 2.08. The van der Waals surface area contributed by atoms with Gasteiger partial charge in [-0.2, -0.15) is 0 Å². The first-order chi connectivity index (χ1) is 7.24. The van der Waals surface area contributed by atoms with Crippen LogP contribution in [0.5, 0.6) is 0 Å². The van der Waals surface area contributed by atoms with Crippen molar-refractivity contribution in [2.24, 2.45) is 0 Å². The largest absolute Gasteiger partial charge is 0.370 e. The Morgan fingerprint density at radius 3 is 2.80 bits per heavy atom. The van der Waals surface area contributed by atoms with Crippen molar-refractivity contribution in [3.05, 3.63) is 16.8 Å². The zero-order valence-electron chi connectivity index (χ0n) is 9.29. The molecule has 1 N–H and O–H groups in total. The molecule has 0 aliphatic carbocycles. The van der Waals surface area contributed by atoms with E-state index in [4.69, 9.17) is 0 Å². The van der Waals surface area contributed by atoms with Crippen LogP contribution in [-0.4, -0.2) is 16.5 Å². The van der Waals surface area contributed by atoms with E-state index in [-0.39, 0.29) is 0 Å². The van der Waals surface area contributed by atoms with E-state index in [9.17, 15) is 0 Å². The van der Waals surface area contributed by atoms with Gasteiger partial charge in [0.05, 0.1) is 5.39 Å². The lowest BCUT2D eigenvalue weighted by Crippen LogP contribution is -2.01. The monoisotopic (exact) mass is 221 g/mol. The van der Waals surface area contributed by atoms with Crippen LogP contribution >= 0.6 is 11.3 Å². The van der Waals surface area contributed by atoms with Crippen molar-refractivity contribution < 1.29 is 0 Å². The summed E-state index contributed by atoms with van der Waals surface area (Å²) in [6, 6.07) is 2.19. The quantitative estimate of drug-likeness (QED) is 0.865. The molecule has 0 spiro atoms. The third-order valence-electron chi connectivity index (χ3n) is 2.25. The normalized spacial score (nSPS) is 10.9. The lowest BCUT2D eigenvalue weighted by Gasteiger charge is -2.03. The van der Waals surface area contributed by atoms with Crippen LogP contribution in [0.15, 0.2) is 6.07 Å². The summed E-state index contributed by atoms with van der Waals surface area (Å²) in [7, 11) is 0. The van der Waals surface area contributed by atoms with Crippen molar-refractivity contribution in [3.63, 3.8) is 0 Å². The molecule has 0 amide bonds. The van der Waals surface area contributed by atoms with Crippen molar-refractivity contribution in [1.82, 2.24) is 9.97 Å². The van der Waals surface area contributed by atoms with Crippen LogP contribution in [-0.2, 0) is 6.42 Å². The molecule has 0 radical (unpaired) electrons. The van der Waals surface area contributed by atoms with Gasteiger partial charge >= 0.3 is 0 Å². The number of nitrogens with zero attached hydrogens (tertiary/aromatic N) is 2. The van der Waals surface area contributed by atoms with E-state index in [0.29, 0.717) is 0 Å². The highest BCUT2D eigenvalue weighted by molar-refractivity contribution is 7.18. The lowest BCUT2D eigenvalue weighted by molar-refractivity contribution is 1.07. The van der Waals surface area contributed by atoms with Crippen molar-refractivity contribution >= 4 is 27.4 Å². The van der Waals surface area contributed by atoms with E-state index < -0.39 is 0 Å². The molecule has 0 fully saturated rings. The average Bonchev–Trinajstić information content (AvgIpc) is 2.61. The predicted octanol–water partition coefficient (Wildman–Crippen LogP) is 2.99. The van der Waals surface area contributed by atoms with Gasteiger partial charge in [-0.1, -0.05) is 6.92 Å². The molecule has 0 atom stereocenters. The molecule has 2 heterocycles. The molecule has 0 bridgehead atoms. The molecular formula is C11H15N3S. The average molecular weight is 221 g/mol. The number of thiophene rings is 1. The Morgan fingerprint density at radius 2 is 2.13 bits per heavy atom. The van der Waals surface area contributed by atoms with Crippen LogP contribution in [0, 0.1) is 6.92 Å². The van der Waals surface area contributed by atoms with E-state index in [1.165, 1.54) is 4.88 Å². The maximum Gasteiger partial charge on any atom is 0.138 e. The summed E-state index contributed by atoms with van der Waals surface area (Å²) < 4.78 is 0. The van der Waals surface area contributed by atoms with Crippen molar-refractivity contribution in [2.45, 2.75) is 27.2 Å². The van der Waals surface area contributed by atoms with E-state index in [2.05, 4.69) is 35.2 Å². The molecule has 0 aromatic carbocycles. The molecule has 0 unspecified atom stereocenters. The maximum atomic E-state index is 4.45. The first-order valence-corrected chi connectivity index (χ1v) is 6.07. The standard InChI is InChI=1S/C11H15N3S/c1-4-8-6-9-10(12-5-2)13-7(3)14-11(9)15-8/h6H,4-5H2,1-3H3,(H,12,13,14). The lowest BCUT2D eigenvalue weighted by atomic mass is 10.3. The number of fused-ring (bicyclic) bond motifs is 1. The minimum Gasteiger partial charge on any atom is -0.370 e. The van der Waals surface area contributed by atoms with Gasteiger partial charge in [0, 0.05) is 11.4 Å². The van der Waals surface area contributed by atoms with E-state index >= 15 is 0 Å². The SMILES string of the molecule is CCNc1nc(C)nc2sc(CC)cc12. The van der Waals surface area contributed by atoms with Gasteiger partial charge in [-0.15, -0.1) is 11.3 Å². The summed E-state index contributed by atoms with van der Waals surface area (Å²) in [4.78, 5) is 11.3. The smallest absolute Gasteiger partial charge is 0.138 e. The van der Waals surface area contributed by atoms with E-state index in [1.807, 2.05) is 6.92 Å². The van der Waals surface area contributed by atoms with Gasteiger partial charge in [-0.3, -0.25) is 0 Å². The fourth-order valence-corrected chi connectivity index (χ4v) is 2.57. The zero-order chi connectivity index (χ0) is 10.8. The Kier molecular flexibility index (Phi) is 2.86. The van der Waals surface area contributed by atoms with Crippen LogP contribution in [0.3, 0.4) is 0 Å². The molecule has 4 heteroatoms. The van der Waals surface area contributed by atoms with Crippen LogP contribution in [0.4, 0.5) is 5.82 Å². The fourth-order valence-electron chi connectivity index (χ4n) is 1.55. The maximum absolute atomic E-state index is 4.45. The molecule has 0 aliphatic rings. The van der Waals surface area contributed by atoms with Gasteiger partial charge in [0.15, 0.2) is 0 Å². The number of hydrogen-bond acceptors (Lipinski definition) is 4. The van der Waals surface area contributed by atoms with Gasteiger partial charge in [-0.25, -0.2) is 9.97 Å². The molecule has 0 aliphatic heterocycles. The Bertz CT molecular complexity index is 476. The van der Waals surface area contributed by atoms with Gasteiger partial charge in [0.2, 0.25) is 0 Å². The minimum atomic E-state index is 0.836. The fraction of sp³-hybridized carbons (Fsp3) is 0.455. The molecule has 15 heavy (non-hydrogen) atoms. The number of hydrogen-bond donors (Lipinski definition) is 1. The second kappa shape index (κ2) is 4.14. The molecule has 0 saturated heterocycles. The molecule has 2 aromatic heterocycles. The third kappa shape index (κ3) is 1.95. The Labute approximate surface area is 93.6 Å². The van der Waals surface area contributed by atoms with Crippen molar-refractivity contribution in [1.29, 1.82) is 0 Å². The number of rotatable bonds is 3. The Balaban J connectivity index is 2.61. The minimum absolute atomic E-state index is 0.836. The highest BCUT2D eigenvalue weighted by atomic mass is 32.1. The number of anilines is 1. The summed E-state index contributed by atoms with van der Waals surface area (Å²) in [5.74, 6) is 1.80.